The van der Waals surface area contributed by atoms with E-state index < -0.39 is 0 Å². The minimum Gasteiger partial charge on any atom is -0.466 e. The Bertz CT molecular complexity index is 848. The zero-order valence-electron chi connectivity index (χ0n) is 44.2. The van der Waals surface area contributed by atoms with Gasteiger partial charge in [-0.25, -0.2) is 0 Å². The second-order valence-electron chi connectivity index (χ2n) is 20.9. The molecule has 0 saturated carbocycles. The van der Waals surface area contributed by atoms with Gasteiger partial charge >= 0.3 is 5.97 Å². The molecule has 0 bridgehead atoms. The van der Waals surface area contributed by atoms with Gasteiger partial charge in [-0.3, -0.25) is 4.79 Å². The number of rotatable bonds is 56. The van der Waals surface area contributed by atoms with E-state index in [1.165, 1.54) is 321 Å². The van der Waals surface area contributed by atoms with Crippen LogP contribution < -0.4 is 0 Å². The molecule has 0 heterocycles. The van der Waals surface area contributed by atoms with Crippen molar-refractivity contribution >= 4 is 5.97 Å². The van der Waals surface area contributed by atoms with Crippen LogP contribution >= 0.6 is 0 Å². The average molecular weight is 886 g/mol. The van der Waals surface area contributed by atoms with Crippen molar-refractivity contribution in [1.82, 2.24) is 0 Å². The topological polar surface area (TPSA) is 26.3 Å². The third-order valence-corrected chi connectivity index (χ3v) is 14.4. The lowest BCUT2D eigenvalue weighted by molar-refractivity contribution is -0.143. The van der Waals surface area contributed by atoms with Crippen LogP contribution in [-0.4, -0.2) is 12.6 Å². The van der Waals surface area contributed by atoms with Crippen molar-refractivity contribution < 1.29 is 9.53 Å². The van der Waals surface area contributed by atoms with Gasteiger partial charge in [0.1, 0.15) is 0 Å². The third-order valence-electron chi connectivity index (χ3n) is 14.4. The van der Waals surface area contributed by atoms with Crippen LogP contribution in [0.15, 0.2) is 12.2 Å². The minimum absolute atomic E-state index is 0.0298. The smallest absolute Gasteiger partial charge is 0.305 e. The van der Waals surface area contributed by atoms with Crippen molar-refractivity contribution in [3.8, 4) is 0 Å². The van der Waals surface area contributed by atoms with E-state index in [2.05, 4.69) is 32.9 Å². The number of hydrogen-bond acceptors (Lipinski definition) is 2. The summed E-state index contributed by atoms with van der Waals surface area (Å²) in [6.45, 7) is 7.66. The van der Waals surface area contributed by atoms with Crippen LogP contribution in [0.3, 0.4) is 0 Å². The van der Waals surface area contributed by atoms with Gasteiger partial charge in [0, 0.05) is 6.42 Å². The van der Waals surface area contributed by atoms with Gasteiger partial charge in [0.05, 0.1) is 6.61 Å². The Morgan fingerprint density at radius 3 is 0.889 bits per heavy atom. The zero-order valence-corrected chi connectivity index (χ0v) is 44.2. The monoisotopic (exact) mass is 885 g/mol. The largest absolute Gasteiger partial charge is 0.466 e. The summed E-state index contributed by atoms with van der Waals surface area (Å²) >= 11 is 0. The molecule has 0 N–H and O–H groups in total. The normalized spacial score (nSPS) is 12.2. The molecule has 0 saturated heterocycles. The van der Waals surface area contributed by atoms with Crippen molar-refractivity contribution in [2.24, 2.45) is 5.92 Å². The van der Waals surface area contributed by atoms with Gasteiger partial charge in [0.2, 0.25) is 0 Å². The molecule has 1 unspecified atom stereocenters. The Hall–Kier alpha value is -0.790. The summed E-state index contributed by atoms with van der Waals surface area (Å²) in [5.74, 6) is 0.970. The number of carbonyl (C=O) groups excluding carboxylic acids is 1. The van der Waals surface area contributed by atoms with E-state index in [0.717, 1.165) is 18.8 Å². The molecule has 0 amide bonds. The number of hydrogen-bond donors (Lipinski definition) is 0. The maximum atomic E-state index is 12.1. The summed E-state index contributed by atoms with van der Waals surface area (Å²) < 4.78 is 5.51. The first-order valence-corrected chi connectivity index (χ1v) is 30.0. The molecule has 63 heavy (non-hydrogen) atoms. The summed E-state index contributed by atoms with van der Waals surface area (Å²) in [7, 11) is 0. The van der Waals surface area contributed by atoms with E-state index in [9.17, 15) is 4.79 Å². The molecular formula is C61H120O2. The lowest BCUT2D eigenvalue weighted by Crippen LogP contribution is -2.05. The molecule has 0 aromatic rings. The highest BCUT2D eigenvalue weighted by molar-refractivity contribution is 5.69. The van der Waals surface area contributed by atoms with E-state index in [-0.39, 0.29) is 5.97 Å². The third kappa shape index (κ3) is 57.3. The maximum Gasteiger partial charge on any atom is 0.305 e. The van der Waals surface area contributed by atoms with Gasteiger partial charge in [-0.05, 0) is 44.4 Å². The van der Waals surface area contributed by atoms with E-state index in [1.54, 1.807) is 0 Å². The molecule has 376 valence electrons. The average Bonchev–Trinajstić information content (AvgIpc) is 3.29. The quantitative estimate of drug-likeness (QED) is 0.0346. The molecular weight excluding hydrogens is 765 g/mol. The first kappa shape index (κ1) is 62.2. The van der Waals surface area contributed by atoms with Crippen LogP contribution in [0, 0.1) is 5.92 Å². The molecule has 0 aliphatic rings. The molecule has 0 rings (SSSR count). The molecule has 0 aliphatic heterocycles. The fourth-order valence-corrected chi connectivity index (χ4v) is 9.58. The van der Waals surface area contributed by atoms with Crippen LogP contribution in [0.4, 0.5) is 0 Å². The summed E-state index contributed by atoms with van der Waals surface area (Å²) in [5.41, 5.74) is 0. The molecule has 0 aliphatic carbocycles. The van der Waals surface area contributed by atoms with Crippen LogP contribution in [0.5, 0.6) is 0 Å². The van der Waals surface area contributed by atoms with Crippen LogP contribution in [0.2, 0.25) is 0 Å². The summed E-state index contributed by atoms with van der Waals surface area (Å²) in [5, 5.41) is 0. The molecule has 0 radical (unpaired) electrons. The van der Waals surface area contributed by atoms with Crippen molar-refractivity contribution in [2.45, 2.75) is 361 Å². The van der Waals surface area contributed by atoms with Crippen molar-refractivity contribution in [3.05, 3.63) is 12.2 Å². The van der Waals surface area contributed by atoms with Crippen LogP contribution in [0.25, 0.3) is 0 Å². The summed E-state index contributed by atoms with van der Waals surface area (Å²) in [6.07, 6.45) is 78.3. The van der Waals surface area contributed by atoms with Crippen molar-refractivity contribution in [3.63, 3.8) is 0 Å². The fraction of sp³-hybridized carbons (Fsp3) is 0.951. The number of carbonyl (C=O) groups is 1. The Balaban J connectivity index is 3.15. The predicted molar refractivity (Wildman–Crippen MR) is 285 cm³/mol. The lowest BCUT2D eigenvalue weighted by atomic mass is 9.99. The molecule has 2 nitrogen and oxygen atoms in total. The summed E-state index contributed by atoms with van der Waals surface area (Å²) in [4.78, 5) is 12.1. The molecule has 0 aromatic heterocycles. The molecule has 0 spiro atoms. The maximum absolute atomic E-state index is 12.1. The Morgan fingerprint density at radius 2 is 0.587 bits per heavy atom. The highest BCUT2D eigenvalue weighted by Crippen LogP contribution is 2.19. The standard InChI is InChI=1S/C61H120O2/c1-4-6-7-8-9-10-11-12-13-14-30-34-37-40-43-46-49-52-55-58-61(62)63-59-56-53-50-47-44-41-38-35-32-29-27-25-23-21-19-17-15-16-18-20-22-24-26-28-31-33-36-39-42-45-48-51-54-57-60(3)5-2/h12-13,60H,4-11,14-59H2,1-3H3. The van der Waals surface area contributed by atoms with Crippen LogP contribution in [-0.2, 0) is 9.53 Å². The first-order chi connectivity index (χ1) is 31.2. The highest BCUT2D eigenvalue weighted by atomic mass is 16.5. The van der Waals surface area contributed by atoms with E-state index in [0.29, 0.717) is 13.0 Å². The number of ether oxygens (including phenoxy) is 1. The minimum atomic E-state index is 0.0298. The zero-order chi connectivity index (χ0) is 45.5. The molecule has 2 heteroatoms. The summed E-state index contributed by atoms with van der Waals surface area (Å²) in [6, 6.07) is 0. The highest BCUT2D eigenvalue weighted by Gasteiger charge is 2.04. The fourth-order valence-electron chi connectivity index (χ4n) is 9.58. The van der Waals surface area contributed by atoms with Gasteiger partial charge < -0.3 is 4.74 Å². The van der Waals surface area contributed by atoms with Gasteiger partial charge in [-0.1, -0.05) is 328 Å². The number of allylic oxidation sites excluding steroid dienone is 2. The Labute approximate surface area is 399 Å². The van der Waals surface area contributed by atoms with Crippen molar-refractivity contribution in [2.75, 3.05) is 6.61 Å². The van der Waals surface area contributed by atoms with Crippen molar-refractivity contribution in [1.29, 1.82) is 0 Å². The predicted octanol–water partition coefficient (Wildman–Crippen LogP) is 22.4. The van der Waals surface area contributed by atoms with Gasteiger partial charge in [-0.15, -0.1) is 0 Å². The molecule has 0 aromatic carbocycles. The van der Waals surface area contributed by atoms with E-state index in [1.807, 2.05) is 0 Å². The Kier molecular flexibility index (Phi) is 56.6. The number of unbranched alkanes of at least 4 members (excludes halogenated alkanes) is 47. The van der Waals surface area contributed by atoms with Gasteiger partial charge in [0.25, 0.3) is 0 Å². The van der Waals surface area contributed by atoms with E-state index >= 15 is 0 Å². The number of esters is 1. The second kappa shape index (κ2) is 57.3. The SMILES string of the molecule is CCCCCCCCC=CCCCCCCCCCCCC(=O)OCCCCCCCCCCCCCCCCCCCCCCCCCCCCCCCCCCCC(C)CC. The second-order valence-corrected chi connectivity index (χ2v) is 20.9. The van der Waals surface area contributed by atoms with Gasteiger partial charge in [0.15, 0.2) is 0 Å². The molecule has 0 fully saturated rings. The lowest BCUT2D eigenvalue weighted by Gasteiger charge is -2.07. The van der Waals surface area contributed by atoms with E-state index in [4.69, 9.17) is 4.74 Å². The molecule has 1 atom stereocenters. The Morgan fingerprint density at radius 1 is 0.333 bits per heavy atom. The van der Waals surface area contributed by atoms with Gasteiger partial charge in [-0.2, -0.15) is 0 Å². The first-order valence-electron chi connectivity index (χ1n) is 30.0. The van der Waals surface area contributed by atoms with Crippen LogP contribution in [0.1, 0.15) is 361 Å².